The molecule has 6 aromatic carbocycles. The summed E-state index contributed by atoms with van der Waals surface area (Å²) in [7, 11) is 0. The minimum atomic E-state index is 0. The fourth-order valence-electron chi connectivity index (χ4n) is 7.14. The average Bonchev–Trinajstić information content (AvgIpc) is 4.01. The minimum absolute atomic E-state index is 0. The molecule has 10 aromatic rings. The second kappa shape index (κ2) is 24.8. The van der Waals surface area contributed by atoms with E-state index in [1.54, 1.807) is 49.1 Å². The largest absolute Gasteiger partial charge is 2.00 e. The molecule has 14 heteroatoms. The first-order valence-electron chi connectivity index (χ1n) is 21.5. The van der Waals surface area contributed by atoms with Gasteiger partial charge in [-0.05, 0) is 36.4 Å². The molecule has 0 aliphatic carbocycles. The molecule has 2 N–H and O–H groups in total. The Morgan fingerprint density at radius 2 is 0.671 bits per heavy atom. The molecule has 70 heavy (non-hydrogen) atoms. The van der Waals surface area contributed by atoms with E-state index in [0.717, 1.165) is 68.5 Å². The molecule has 0 unspecified atom stereocenters. The molecule has 0 spiro atoms. The summed E-state index contributed by atoms with van der Waals surface area (Å²) in [6.07, 6.45) is 6.83. The van der Waals surface area contributed by atoms with Crippen LogP contribution in [-0.4, -0.2) is 40.1 Å². The number of fused-ring (bicyclic) bond motifs is 2. The van der Waals surface area contributed by atoms with Gasteiger partial charge in [0.05, 0.1) is 11.4 Å². The monoisotopic (exact) mass is 1280 g/mol. The van der Waals surface area contributed by atoms with E-state index in [-0.39, 0.29) is 53.9 Å². The maximum absolute atomic E-state index is 9.16. The number of nitrogens with zero attached hydrogens (tertiary/aromatic N) is 10. The maximum Gasteiger partial charge on any atom is 2.00 e. The first-order valence-corrected chi connectivity index (χ1v) is 21.5. The van der Waals surface area contributed by atoms with Crippen LogP contribution in [0.25, 0.3) is 22.5 Å². The van der Waals surface area contributed by atoms with Gasteiger partial charge in [-0.15, -0.1) is 24.7 Å². The molecule has 12 rings (SSSR count). The molecular formula is C56H42N10O2Pt2. The van der Waals surface area contributed by atoms with Gasteiger partial charge in [-0.25, -0.2) is 29.9 Å². The third-order valence-corrected chi connectivity index (χ3v) is 10.3. The van der Waals surface area contributed by atoms with Gasteiger partial charge in [0.1, 0.15) is 23.3 Å². The fraction of sp³-hybridized carbons (Fsp3) is 0. The molecule has 2 aliphatic rings. The third-order valence-electron chi connectivity index (χ3n) is 10.3. The molecule has 4 aromatic heterocycles. The van der Waals surface area contributed by atoms with E-state index in [0.29, 0.717) is 0 Å². The van der Waals surface area contributed by atoms with E-state index in [1.807, 2.05) is 215 Å². The molecular weight excluding hydrogens is 1230 g/mol. The summed E-state index contributed by atoms with van der Waals surface area (Å²) in [5, 5.41) is 18.3. The van der Waals surface area contributed by atoms with E-state index in [1.165, 1.54) is 0 Å². The number of hydrogen-bond acceptors (Lipinski definition) is 12. The van der Waals surface area contributed by atoms with E-state index in [4.69, 9.17) is 10.2 Å². The van der Waals surface area contributed by atoms with E-state index >= 15 is 0 Å². The molecule has 0 atom stereocenters. The molecule has 0 saturated carbocycles. The van der Waals surface area contributed by atoms with Crippen molar-refractivity contribution in [2.24, 2.45) is 0 Å². The number of rotatable bonds is 6. The van der Waals surface area contributed by atoms with Crippen LogP contribution in [0.5, 0.6) is 11.8 Å². The SMILES string of the molecule is Oc1cccc(-c2ccccc2)n1.Oc1cccc(-c2ccccc2)n1.[Pt+2].[Pt+2].[c-]1ccccc1N1[CH-]N(c2ccccc2)c2nccnc21.[c-]1ccccc1N1[CH-]N(c2ccccc2)c2nccnc21. The molecule has 12 nitrogen and oxygen atoms in total. The number of benzene rings is 6. The Labute approximate surface area is 435 Å². The number of aromatic hydroxyl groups is 2. The van der Waals surface area contributed by atoms with Crippen molar-refractivity contribution in [1.82, 2.24) is 29.9 Å². The van der Waals surface area contributed by atoms with Crippen LogP contribution in [0.2, 0.25) is 0 Å². The molecule has 0 saturated heterocycles. The van der Waals surface area contributed by atoms with Gasteiger partial charge in [-0.3, -0.25) is 0 Å². The Morgan fingerprint density at radius 3 is 1.00 bits per heavy atom. The summed E-state index contributed by atoms with van der Waals surface area (Å²) in [6, 6.07) is 72.3. The smallest absolute Gasteiger partial charge is 0.493 e. The molecule has 0 radical (unpaired) electrons. The van der Waals surface area contributed by atoms with Crippen molar-refractivity contribution in [2.75, 3.05) is 19.6 Å². The molecule has 348 valence electrons. The van der Waals surface area contributed by atoms with Gasteiger partial charge in [-0.2, -0.15) is 60.7 Å². The van der Waals surface area contributed by atoms with E-state index in [2.05, 4.69) is 42.0 Å². The summed E-state index contributed by atoms with van der Waals surface area (Å²) >= 11 is 0. The Kier molecular flexibility index (Phi) is 17.7. The molecule has 2 aliphatic heterocycles. The van der Waals surface area contributed by atoms with Gasteiger partial charge < -0.3 is 29.8 Å². The summed E-state index contributed by atoms with van der Waals surface area (Å²) < 4.78 is 0. The van der Waals surface area contributed by atoms with E-state index < -0.39 is 0 Å². The number of pyridine rings is 2. The van der Waals surface area contributed by atoms with Crippen molar-refractivity contribution in [3.05, 3.63) is 257 Å². The van der Waals surface area contributed by atoms with Gasteiger partial charge >= 0.3 is 42.1 Å². The van der Waals surface area contributed by atoms with Crippen LogP contribution in [0.15, 0.2) is 231 Å². The topological polar surface area (TPSA) is 131 Å². The zero-order valence-corrected chi connectivity index (χ0v) is 41.6. The second-order valence-electron chi connectivity index (χ2n) is 14.8. The Balaban J connectivity index is 0.000000140. The maximum atomic E-state index is 9.16. The summed E-state index contributed by atoms with van der Waals surface area (Å²) in [5.74, 6) is 3.37. The van der Waals surface area contributed by atoms with Crippen LogP contribution in [0.4, 0.5) is 46.0 Å². The summed E-state index contributed by atoms with van der Waals surface area (Å²) in [4.78, 5) is 33.9. The average molecular weight is 1280 g/mol. The molecule has 0 amide bonds. The van der Waals surface area contributed by atoms with Gasteiger partial charge in [0, 0.05) is 59.4 Å². The zero-order chi connectivity index (χ0) is 46.3. The van der Waals surface area contributed by atoms with E-state index in [9.17, 15) is 0 Å². The van der Waals surface area contributed by atoms with Crippen molar-refractivity contribution in [2.45, 2.75) is 0 Å². The van der Waals surface area contributed by atoms with Crippen molar-refractivity contribution in [3.63, 3.8) is 0 Å². The zero-order valence-electron chi connectivity index (χ0n) is 37.1. The first kappa shape index (κ1) is 49.9. The molecule has 0 fully saturated rings. The Hall–Kier alpha value is -8.04. The number of hydrogen-bond donors (Lipinski definition) is 2. The number of aromatic nitrogens is 6. The van der Waals surface area contributed by atoms with Crippen LogP contribution in [0, 0.1) is 25.5 Å². The quantitative estimate of drug-likeness (QED) is 0.154. The minimum Gasteiger partial charge on any atom is -0.493 e. The van der Waals surface area contributed by atoms with Crippen molar-refractivity contribution in [3.8, 4) is 34.3 Å². The Bertz CT molecular complexity index is 2790. The molecule has 0 bridgehead atoms. The van der Waals surface area contributed by atoms with Crippen molar-refractivity contribution in [1.29, 1.82) is 0 Å². The van der Waals surface area contributed by atoms with Crippen molar-refractivity contribution < 1.29 is 52.3 Å². The van der Waals surface area contributed by atoms with Gasteiger partial charge in [-0.1, -0.05) is 109 Å². The summed E-state index contributed by atoms with van der Waals surface area (Å²) in [6.45, 7) is 3.98. The number of para-hydroxylation sites is 4. The van der Waals surface area contributed by atoms with Crippen LogP contribution in [0.3, 0.4) is 0 Å². The van der Waals surface area contributed by atoms with Gasteiger partial charge in [0.15, 0.2) is 0 Å². The predicted molar refractivity (Wildman–Crippen MR) is 267 cm³/mol. The first-order chi connectivity index (χ1) is 33.6. The van der Waals surface area contributed by atoms with Gasteiger partial charge in [0.2, 0.25) is 11.8 Å². The predicted octanol–water partition coefficient (Wildman–Crippen LogP) is 12.3. The standard InChI is InChI=1S/2C17H12N4.2C11H9NO.2Pt/c2*1-3-7-14(8-4-1)20-13-21(15-9-5-2-6-10-15)17-16(20)18-11-12-19-17;2*13-11-8-4-7-10(12-11)9-5-2-1-3-6-9;;/h2*1-9,11-13H;2*1-8H,(H,12,13);;/q2*-2;;;2*+2. The van der Waals surface area contributed by atoms with Gasteiger partial charge in [0.25, 0.3) is 0 Å². The van der Waals surface area contributed by atoms with Crippen LogP contribution >= 0.6 is 0 Å². The second-order valence-corrected chi connectivity index (χ2v) is 14.8. The fourth-order valence-corrected chi connectivity index (χ4v) is 7.14. The van der Waals surface area contributed by atoms with Crippen LogP contribution in [-0.2, 0) is 42.1 Å². The normalized spacial score (nSPS) is 11.7. The number of anilines is 8. The summed E-state index contributed by atoms with van der Waals surface area (Å²) in [5.41, 5.74) is 7.60. The third kappa shape index (κ3) is 12.3. The Morgan fingerprint density at radius 1 is 0.343 bits per heavy atom. The van der Waals surface area contributed by atoms with Crippen LogP contribution < -0.4 is 19.6 Å². The van der Waals surface area contributed by atoms with Crippen molar-refractivity contribution >= 4 is 46.0 Å². The molecule has 6 heterocycles. The van der Waals surface area contributed by atoms with Crippen LogP contribution in [0.1, 0.15) is 0 Å².